The lowest BCUT2D eigenvalue weighted by molar-refractivity contribution is 0.693. The smallest absolute Gasteiger partial charge is 0.348 e. The highest BCUT2D eigenvalue weighted by Gasteiger charge is 2.12. The number of nitrogens with one attached hydrogen (secondary N) is 1. The molecule has 92 valence electrons. The zero-order valence-corrected chi connectivity index (χ0v) is 10.5. The molecule has 2 heterocycles. The summed E-state index contributed by atoms with van der Waals surface area (Å²) in [5.41, 5.74) is 0.271. The SMILES string of the molecule is CC(C)N(CCCl)c1cc2n[nH]c(=O)n2cn1. The highest BCUT2D eigenvalue weighted by Crippen LogP contribution is 2.14. The number of aromatic nitrogens is 4. The van der Waals surface area contributed by atoms with E-state index in [9.17, 15) is 4.79 Å². The Kier molecular flexibility index (Phi) is 3.33. The van der Waals surface area contributed by atoms with Crippen molar-refractivity contribution in [2.24, 2.45) is 0 Å². The van der Waals surface area contributed by atoms with Gasteiger partial charge in [0.25, 0.3) is 0 Å². The quantitative estimate of drug-likeness (QED) is 0.824. The first kappa shape index (κ1) is 11.9. The van der Waals surface area contributed by atoms with Crippen LogP contribution in [0.1, 0.15) is 13.8 Å². The van der Waals surface area contributed by atoms with Gasteiger partial charge in [-0.15, -0.1) is 11.6 Å². The molecule has 0 saturated carbocycles. The van der Waals surface area contributed by atoms with Crippen molar-refractivity contribution < 1.29 is 0 Å². The van der Waals surface area contributed by atoms with Gasteiger partial charge in [-0.2, -0.15) is 5.10 Å². The topological polar surface area (TPSA) is 66.3 Å². The summed E-state index contributed by atoms with van der Waals surface area (Å²) in [6.45, 7) is 4.83. The Morgan fingerprint density at radius 3 is 3.00 bits per heavy atom. The molecule has 0 amide bonds. The van der Waals surface area contributed by atoms with Gasteiger partial charge in [0, 0.05) is 24.5 Å². The summed E-state index contributed by atoms with van der Waals surface area (Å²) >= 11 is 5.77. The summed E-state index contributed by atoms with van der Waals surface area (Å²) < 4.78 is 1.36. The summed E-state index contributed by atoms with van der Waals surface area (Å²) in [5.74, 6) is 1.30. The molecule has 0 atom stereocenters. The van der Waals surface area contributed by atoms with Crippen molar-refractivity contribution >= 4 is 23.1 Å². The summed E-state index contributed by atoms with van der Waals surface area (Å²) in [5, 5.41) is 6.28. The van der Waals surface area contributed by atoms with Gasteiger partial charge in [-0.05, 0) is 13.8 Å². The molecule has 0 unspecified atom stereocenters. The molecular formula is C10H14ClN5O. The number of alkyl halides is 1. The van der Waals surface area contributed by atoms with Gasteiger partial charge in [0.05, 0.1) is 0 Å². The zero-order chi connectivity index (χ0) is 12.4. The molecule has 6 nitrogen and oxygen atoms in total. The number of aromatic amines is 1. The molecule has 0 spiro atoms. The van der Waals surface area contributed by atoms with Gasteiger partial charge in [-0.25, -0.2) is 19.3 Å². The average Bonchev–Trinajstić information content (AvgIpc) is 2.67. The van der Waals surface area contributed by atoms with E-state index in [-0.39, 0.29) is 11.7 Å². The highest BCUT2D eigenvalue weighted by atomic mass is 35.5. The molecule has 0 bridgehead atoms. The van der Waals surface area contributed by atoms with Gasteiger partial charge in [0.15, 0.2) is 5.65 Å². The number of nitrogens with zero attached hydrogens (tertiary/aromatic N) is 4. The van der Waals surface area contributed by atoms with E-state index in [0.29, 0.717) is 18.1 Å². The monoisotopic (exact) mass is 255 g/mol. The maximum absolute atomic E-state index is 11.3. The summed E-state index contributed by atoms with van der Waals surface area (Å²) in [6.07, 6.45) is 1.47. The second kappa shape index (κ2) is 4.75. The summed E-state index contributed by atoms with van der Waals surface area (Å²) in [6, 6.07) is 2.05. The number of H-pyrrole nitrogens is 1. The van der Waals surface area contributed by atoms with Crippen LogP contribution in [0.2, 0.25) is 0 Å². The van der Waals surface area contributed by atoms with Crippen LogP contribution in [0.4, 0.5) is 5.82 Å². The molecule has 2 rings (SSSR count). The van der Waals surface area contributed by atoms with E-state index in [1.54, 1.807) is 6.07 Å². The van der Waals surface area contributed by atoms with Crippen molar-refractivity contribution in [1.82, 2.24) is 19.6 Å². The first-order valence-electron chi connectivity index (χ1n) is 5.39. The van der Waals surface area contributed by atoms with E-state index >= 15 is 0 Å². The molecule has 0 saturated heterocycles. The van der Waals surface area contributed by atoms with Crippen molar-refractivity contribution in [2.75, 3.05) is 17.3 Å². The van der Waals surface area contributed by atoms with Crippen molar-refractivity contribution in [2.45, 2.75) is 19.9 Å². The lowest BCUT2D eigenvalue weighted by Gasteiger charge is -2.26. The first-order chi connectivity index (χ1) is 8.13. The van der Waals surface area contributed by atoms with Crippen molar-refractivity contribution in [3.8, 4) is 0 Å². The predicted molar refractivity (Wildman–Crippen MR) is 66.8 cm³/mol. The Morgan fingerprint density at radius 1 is 1.59 bits per heavy atom. The normalized spacial score (nSPS) is 11.3. The number of rotatable bonds is 4. The van der Waals surface area contributed by atoms with Gasteiger partial charge >= 0.3 is 5.69 Å². The molecule has 17 heavy (non-hydrogen) atoms. The number of fused-ring (bicyclic) bond motifs is 1. The Bertz CT molecular complexity index is 561. The van der Waals surface area contributed by atoms with Gasteiger partial charge in [-0.3, -0.25) is 0 Å². The molecule has 0 radical (unpaired) electrons. The van der Waals surface area contributed by atoms with E-state index in [1.807, 2.05) is 0 Å². The van der Waals surface area contributed by atoms with Gasteiger partial charge in [-0.1, -0.05) is 0 Å². The van der Waals surface area contributed by atoms with Crippen LogP contribution in [0.25, 0.3) is 5.65 Å². The number of anilines is 1. The van der Waals surface area contributed by atoms with Gasteiger partial charge < -0.3 is 4.90 Å². The standard InChI is InChI=1S/C10H14ClN5O/c1-7(2)15(4-3-11)8-5-9-13-14-10(17)16(9)6-12-8/h5-7H,3-4H2,1-2H3,(H,14,17). The molecule has 0 fully saturated rings. The highest BCUT2D eigenvalue weighted by molar-refractivity contribution is 6.18. The maximum atomic E-state index is 11.3. The third kappa shape index (κ3) is 2.26. The van der Waals surface area contributed by atoms with Crippen molar-refractivity contribution in [1.29, 1.82) is 0 Å². The molecule has 2 aromatic heterocycles. The Labute approximate surface area is 103 Å². The minimum atomic E-state index is -0.285. The summed E-state index contributed by atoms with van der Waals surface area (Å²) in [7, 11) is 0. The number of hydrogen-bond donors (Lipinski definition) is 1. The summed E-state index contributed by atoms with van der Waals surface area (Å²) in [4.78, 5) is 17.6. The molecule has 0 aliphatic heterocycles. The van der Waals surface area contributed by atoms with Crippen LogP contribution >= 0.6 is 11.6 Å². The van der Waals surface area contributed by atoms with Crippen LogP contribution in [0.3, 0.4) is 0 Å². The lowest BCUT2D eigenvalue weighted by atomic mass is 10.3. The van der Waals surface area contributed by atoms with E-state index in [4.69, 9.17) is 11.6 Å². The molecule has 0 aliphatic rings. The third-order valence-corrected chi connectivity index (χ3v) is 2.71. The van der Waals surface area contributed by atoms with Crippen LogP contribution in [-0.2, 0) is 0 Å². The average molecular weight is 256 g/mol. The number of hydrogen-bond acceptors (Lipinski definition) is 4. The fourth-order valence-corrected chi connectivity index (χ4v) is 1.87. The molecule has 7 heteroatoms. The Hall–Kier alpha value is -1.56. The number of halogens is 1. The Morgan fingerprint density at radius 2 is 2.35 bits per heavy atom. The Balaban J connectivity index is 2.43. The van der Waals surface area contributed by atoms with Gasteiger partial charge in [0.2, 0.25) is 0 Å². The zero-order valence-electron chi connectivity index (χ0n) is 9.72. The molecule has 0 aromatic carbocycles. The molecular weight excluding hydrogens is 242 g/mol. The minimum absolute atomic E-state index is 0.285. The van der Waals surface area contributed by atoms with E-state index in [0.717, 1.165) is 5.82 Å². The van der Waals surface area contributed by atoms with Crippen LogP contribution < -0.4 is 10.6 Å². The molecule has 1 N–H and O–H groups in total. The first-order valence-corrected chi connectivity index (χ1v) is 5.92. The minimum Gasteiger partial charge on any atom is -0.353 e. The molecule has 2 aromatic rings. The van der Waals surface area contributed by atoms with E-state index < -0.39 is 0 Å². The van der Waals surface area contributed by atoms with Crippen LogP contribution in [0, 0.1) is 0 Å². The lowest BCUT2D eigenvalue weighted by Crippen LogP contribution is -2.33. The molecule has 0 aliphatic carbocycles. The van der Waals surface area contributed by atoms with Crippen LogP contribution in [-0.4, -0.2) is 38.0 Å². The van der Waals surface area contributed by atoms with E-state index in [2.05, 4.69) is 33.9 Å². The van der Waals surface area contributed by atoms with Gasteiger partial charge in [0.1, 0.15) is 12.1 Å². The van der Waals surface area contributed by atoms with Crippen LogP contribution in [0.15, 0.2) is 17.2 Å². The largest absolute Gasteiger partial charge is 0.353 e. The van der Waals surface area contributed by atoms with Crippen molar-refractivity contribution in [3.63, 3.8) is 0 Å². The fraction of sp³-hybridized carbons (Fsp3) is 0.500. The van der Waals surface area contributed by atoms with Crippen molar-refractivity contribution in [3.05, 3.63) is 22.9 Å². The second-order valence-electron chi connectivity index (χ2n) is 3.98. The third-order valence-electron chi connectivity index (χ3n) is 2.54. The van der Waals surface area contributed by atoms with E-state index in [1.165, 1.54) is 10.7 Å². The fourth-order valence-electron chi connectivity index (χ4n) is 1.69. The van der Waals surface area contributed by atoms with Crippen LogP contribution in [0.5, 0.6) is 0 Å². The second-order valence-corrected chi connectivity index (χ2v) is 4.36. The predicted octanol–water partition coefficient (Wildman–Crippen LogP) is 0.871. The maximum Gasteiger partial charge on any atom is 0.348 e.